The molecule has 0 saturated carbocycles. The molecule has 0 aromatic heterocycles. The van der Waals surface area contributed by atoms with E-state index in [9.17, 15) is 4.39 Å². The standard InChI is InChI=1S/C18H22FNO3/c1-12(14-5-7-17(22-2)18(9-14)23-3)20-10-13-4-6-16(19)15(8-13)11-21/h4-9,12,20-21H,10-11H2,1-3H3. The summed E-state index contributed by atoms with van der Waals surface area (Å²) >= 11 is 0. The van der Waals surface area contributed by atoms with Gasteiger partial charge in [0.05, 0.1) is 20.8 Å². The average molecular weight is 319 g/mol. The van der Waals surface area contributed by atoms with Gasteiger partial charge in [0.15, 0.2) is 11.5 Å². The van der Waals surface area contributed by atoms with Crippen LogP contribution in [0.3, 0.4) is 0 Å². The first-order valence-electron chi connectivity index (χ1n) is 7.42. The van der Waals surface area contributed by atoms with Crippen LogP contribution in [0.25, 0.3) is 0 Å². The molecule has 0 aliphatic rings. The lowest BCUT2D eigenvalue weighted by Gasteiger charge is -2.17. The van der Waals surface area contributed by atoms with Crippen molar-refractivity contribution in [1.29, 1.82) is 0 Å². The van der Waals surface area contributed by atoms with E-state index in [4.69, 9.17) is 14.6 Å². The van der Waals surface area contributed by atoms with Crippen molar-refractivity contribution >= 4 is 0 Å². The molecule has 4 nitrogen and oxygen atoms in total. The summed E-state index contributed by atoms with van der Waals surface area (Å²) in [6.45, 7) is 2.31. The van der Waals surface area contributed by atoms with Gasteiger partial charge in [-0.05, 0) is 42.3 Å². The van der Waals surface area contributed by atoms with E-state index in [0.29, 0.717) is 23.6 Å². The van der Waals surface area contributed by atoms with Gasteiger partial charge in [-0.1, -0.05) is 12.1 Å². The Balaban J connectivity index is 2.06. The molecule has 0 aliphatic carbocycles. The molecule has 0 fully saturated rings. The highest BCUT2D eigenvalue weighted by atomic mass is 19.1. The summed E-state index contributed by atoms with van der Waals surface area (Å²) < 4.78 is 23.9. The van der Waals surface area contributed by atoms with Crippen molar-refractivity contribution in [3.8, 4) is 11.5 Å². The number of methoxy groups -OCH3 is 2. The van der Waals surface area contributed by atoms with Crippen LogP contribution >= 0.6 is 0 Å². The van der Waals surface area contributed by atoms with E-state index in [-0.39, 0.29) is 18.5 Å². The molecule has 5 heteroatoms. The van der Waals surface area contributed by atoms with Gasteiger partial charge >= 0.3 is 0 Å². The van der Waals surface area contributed by atoms with E-state index in [1.165, 1.54) is 6.07 Å². The van der Waals surface area contributed by atoms with Gasteiger partial charge in [0, 0.05) is 18.2 Å². The van der Waals surface area contributed by atoms with Crippen LogP contribution in [-0.4, -0.2) is 19.3 Å². The number of aliphatic hydroxyl groups excluding tert-OH is 1. The van der Waals surface area contributed by atoms with Crippen LogP contribution in [0.15, 0.2) is 36.4 Å². The number of ether oxygens (including phenoxy) is 2. The number of benzene rings is 2. The minimum Gasteiger partial charge on any atom is -0.493 e. The number of hydrogen-bond acceptors (Lipinski definition) is 4. The molecule has 2 N–H and O–H groups in total. The van der Waals surface area contributed by atoms with E-state index in [1.807, 2.05) is 25.1 Å². The monoisotopic (exact) mass is 319 g/mol. The lowest BCUT2D eigenvalue weighted by molar-refractivity contribution is 0.275. The Kier molecular flexibility index (Phi) is 5.96. The van der Waals surface area contributed by atoms with E-state index in [1.54, 1.807) is 26.4 Å². The summed E-state index contributed by atoms with van der Waals surface area (Å²) in [5, 5.41) is 12.5. The van der Waals surface area contributed by atoms with Crippen molar-refractivity contribution in [3.05, 3.63) is 58.9 Å². The quantitative estimate of drug-likeness (QED) is 0.823. The largest absolute Gasteiger partial charge is 0.493 e. The van der Waals surface area contributed by atoms with Gasteiger partial charge in [-0.15, -0.1) is 0 Å². The Morgan fingerprint density at radius 2 is 1.83 bits per heavy atom. The van der Waals surface area contributed by atoms with Gasteiger partial charge in [0.1, 0.15) is 5.82 Å². The SMILES string of the molecule is COc1ccc(C(C)NCc2ccc(F)c(CO)c2)cc1OC. The van der Waals surface area contributed by atoms with Crippen LogP contribution in [0.4, 0.5) is 4.39 Å². The second kappa shape index (κ2) is 7.94. The molecular formula is C18H22FNO3. The van der Waals surface area contributed by atoms with Crippen molar-refractivity contribution in [2.45, 2.75) is 26.1 Å². The Hall–Kier alpha value is -2.11. The van der Waals surface area contributed by atoms with Crippen molar-refractivity contribution in [1.82, 2.24) is 5.32 Å². The van der Waals surface area contributed by atoms with Crippen LogP contribution in [0.2, 0.25) is 0 Å². The van der Waals surface area contributed by atoms with Gasteiger partial charge in [0.2, 0.25) is 0 Å². The van der Waals surface area contributed by atoms with Gasteiger partial charge < -0.3 is 19.9 Å². The summed E-state index contributed by atoms with van der Waals surface area (Å²) in [6.07, 6.45) is 0. The third-order valence-corrected chi connectivity index (χ3v) is 3.80. The fraction of sp³-hybridized carbons (Fsp3) is 0.333. The summed E-state index contributed by atoms with van der Waals surface area (Å²) in [5.41, 5.74) is 2.29. The zero-order valence-corrected chi connectivity index (χ0v) is 13.6. The van der Waals surface area contributed by atoms with Crippen LogP contribution in [0, 0.1) is 5.82 Å². The summed E-state index contributed by atoms with van der Waals surface area (Å²) in [5.74, 6) is 0.988. The van der Waals surface area contributed by atoms with E-state index in [2.05, 4.69) is 5.32 Å². The van der Waals surface area contributed by atoms with Gasteiger partial charge in [-0.25, -0.2) is 4.39 Å². The molecule has 0 saturated heterocycles. The first-order valence-corrected chi connectivity index (χ1v) is 7.42. The predicted molar refractivity (Wildman–Crippen MR) is 87.1 cm³/mol. The maximum absolute atomic E-state index is 13.4. The van der Waals surface area contributed by atoms with Crippen molar-refractivity contribution < 1.29 is 19.0 Å². The van der Waals surface area contributed by atoms with Crippen LogP contribution in [0.1, 0.15) is 29.7 Å². The summed E-state index contributed by atoms with van der Waals surface area (Å²) in [4.78, 5) is 0. The fourth-order valence-corrected chi connectivity index (χ4v) is 2.37. The Morgan fingerprint density at radius 3 is 2.48 bits per heavy atom. The van der Waals surface area contributed by atoms with Crippen LogP contribution in [0.5, 0.6) is 11.5 Å². The second-order valence-electron chi connectivity index (χ2n) is 5.30. The fourth-order valence-electron chi connectivity index (χ4n) is 2.37. The molecule has 0 amide bonds. The number of nitrogens with one attached hydrogen (secondary N) is 1. The van der Waals surface area contributed by atoms with Crippen molar-refractivity contribution in [3.63, 3.8) is 0 Å². The number of halogens is 1. The molecule has 2 rings (SSSR count). The first-order chi connectivity index (χ1) is 11.1. The minimum absolute atomic E-state index is 0.0810. The zero-order valence-electron chi connectivity index (χ0n) is 13.6. The van der Waals surface area contributed by atoms with Crippen molar-refractivity contribution in [2.75, 3.05) is 14.2 Å². The van der Waals surface area contributed by atoms with Crippen LogP contribution < -0.4 is 14.8 Å². The molecule has 0 spiro atoms. The molecular weight excluding hydrogens is 297 g/mol. The highest BCUT2D eigenvalue weighted by molar-refractivity contribution is 5.43. The molecule has 23 heavy (non-hydrogen) atoms. The molecule has 0 aliphatic heterocycles. The highest BCUT2D eigenvalue weighted by Gasteiger charge is 2.10. The molecule has 0 heterocycles. The van der Waals surface area contributed by atoms with Crippen LogP contribution in [-0.2, 0) is 13.2 Å². The van der Waals surface area contributed by atoms with Gasteiger partial charge in [-0.3, -0.25) is 0 Å². The molecule has 0 radical (unpaired) electrons. The van der Waals surface area contributed by atoms with Gasteiger partial charge in [0.25, 0.3) is 0 Å². The second-order valence-corrected chi connectivity index (χ2v) is 5.30. The Bertz CT molecular complexity index is 661. The third-order valence-electron chi connectivity index (χ3n) is 3.80. The number of rotatable bonds is 7. The minimum atomic E-state index is -0.385. The number of aliphatic hydroxyl groups is 1. The Labute approximate surface area is 135 Å². The molecule has 1 unspecified atom stereocenters. The maximum atomic E-state index is 13.4. The molecule has 124 valence electrons. The van der Waals surface area contributed by atoms with E-state index >= 15 is 0 Å². The normalized spacial score (nSPS) is 12.0. The number of hydrogen-bond donors (Lipinski definition) is 2. The van der Waals surface area contributed by atoms with Gasteiger partial charge in [-0.2, -0.15) is 0 Å². The summed E-state index contributed by atoms with van der Waals surface area (Å²) in [6, 6.07) is 10.6. The molecule has 0 bridgehead atoms. The predicted octanol–water partition coefficient (Wildman–Crippen LogP) is 3.19. The lowest BCUT2D eigenvalue weighted by atomic mass is 10.1. The highest BCUT2D eigenvalue weighted by Crippen LogP contribution is 2.30. The smallest absolute Gasteiger partial charge is 0.161 e. The zero-order chi connectivity index (χ0) is 16.8. The molecule has 2 aromatic carbocycles. The molecule has 2 aromatic rings. The lowest BCUT2D eigenvalue weighted by Crippen LogP contribution is -2.18. The van der Waals surface area contributed by atoms with Crippen molar-refractivity contribution in [2.24, 2.45) is 0 Å². The summed E-state index contributed by atoms with van der Waals surface area (Å²) in [7, 11) is 3.21. The Morgan fingerprint density at radius 1 is 1.09 bits per heavy atom. The first kappa shape index (κ1) is 17.2. The third kappa shape index (κ3) is 4.21. The maximum Gasteiger partial charge on any atom is 0.161 e. The topological polar surface area (TPSA) is 50.7 Å². The average Bonchev–Trinajstić information content (AvgIpc) is 2.59. The van der Waals surface area contributed by atoms with E-state index < -0.39 is 0 Å². The molecule has 1 atom stereocenters. The van der Waals surface area contributed by atoms with E-state index in [0.717, 1.165) is 11.1 Å².